The summed E-state index contributed by atoms with van der Waals surface area (Å²) in [7, 11) is 0. The maximum Gasteiger partial charge on any atom is 0.234 e. The van der Waals surface area contributed by atoms with Crippen molar-refractivity contribution in [3.05, 3.63) is 71.3 Å². The molecule has 0 aliphatic heterocycles. The summed E-state index contributed by atoms with van der Waals surface area (Å²) in [4.78, 5) is 20.4. The monoisotopic (exact) mass is 482 g/mol. The standard InChI is InChI=1S/C27H34N4O2.ClH/c1-4-5-14-30-17-20(15-29-30)18-31(21-12-13-25(19(2)3)28-16-21)27(33)24-10-6-9-23-22(24)8-7-11-26(23)32;/h7-8,11-13,15-17,19,24,32H,4-6,9-10,14,18H2,1-3H3;1H. The minimum atomic E-state index is -0.277. The van der Waals surface area contributed by atoms with Gasteiger partial charge in [-0.1, -0.05) is 39.3 Å². The van der Waals surface area contributed by atoms with Crippen LogP contribution in [-0.4, -0.2) is 25.8 Å². The lowest BCUT2D eigenvalue weighted by Gasteiger charge is -2.31. The number of phenols is 1. The largest absolute Gasteiger partial charge is 0.508 e. The quantitative estimate of drug-likeness (QED) is 0.428. The van der Waals surface area contributed by atoms with Crippen LogP contribution in [0, 0.1) is 0 Å². The average Bonchev–Trinajstić information content (AvgIpc) is 3.28. The molecule has 1 amide bonds. The molecule has 2 heterocycles. The number of anilines is 1. The molecule has 0 radical (unpaired) electrons. The van der Waals surface area contributed by atoms with Crippen molar-refractivity contribution in [2.24, 2.45) is 0 Å². The molecule has 1 N–H and O–H groups in total. The Bertz CT molecular complexity index is 1090. The molecule has 3 aromatic rings. The van der Waals surface area contributed by atoms with Gasteiger partial charge in [0.1, 0.15) is 5.75 Å². The van der Waals surface area contributed by atoms with Crippen molar-refractivity contribution in [3.8, 4) is 5.75 Å². The molecule has 4 rings (SSSR count). The number of carbonyl (C=O) groups excluding carboxylic acids is 1. The van der Waals surface area contributed by atoms with Crippen LogP contribution in [0.1, 0.15) is 80.7 Å². The molecule has 0 bridgehead atoms. The van der Waals surface area contributed by atoms with Gasteiger partial charge in [-0.2, -0.15) is 5.10 Å². The minimum absolute atomic E-state index is 0. The lowest BCUT2D eigenvalue weighted by atomic mass is 9.81. The number of aromatic hydroxyl groups is 1. The molecule has 2 aromatic heterocycles. The fraction of sp³-hybridized carbons (Fsp3) is 0.444. The van der Waals surface area contributed by atoms with E-state index in [4.69, 9.17) is 0 Å². The number of benzene rings is 1. The first-order valence-electron chi connectivity index (χ1n) is 12.1. The molecule has 1 aliphatic carbocycles. The summed E-state index contributed by atoms with van der Waals surface area (Å²) in [5, 5.41) is 14.8. The summed E-state index contributed by atoms with van der Waals surface area (Å²) in [6, 6.07) is 9.53. The second-order valence-electron chi connectivity index (χ2n) is 9.28. The molecule has 0 saturated carbocycles. The van der Waals surface area contributed by atoms with E-state index in [0.29, 0.717) is 12.5 Å². The van der Waals surface area contributed by atoms with Gasteiger partial charge in [-0.05, 0) is 60.9 Å². The van der Waals surface area contributed by atoms with Crippen LogP contribution in [0.3, 0.4) is 0 Å². The highest BCUT2D eigenvalue weighted by Gasteiger charge is 2.32. The number of aromatic nitrogens is 3. The number of pyridine rings is 1. The van der Waals surface area contributed by atoms with Gasteiger partial charge < -0.3 is 10.0 Å². The van der Waals surface area contributed by atoms with Gasteiger partial charge in [-0.25, -0.2) is 0 Å². The number of aryl methyl sites for hydroxylation is 1. The van der Waals surface area contributed by atoms with Crippen LogP contribution in [0.15, 0.2) is 48.9 Å². The Labute approximate surface area is 208 Å². The number of phenolic OH excluding ortho intramolecular Hbond substituents is 1. The van der Waals surface area contributed by atoms with E-state index in [2.05, 4.69) is 30.9 Å². The SMILES string of the molecule is CCCCn1cc(CN(C(=O)C2CCCc3c(O)cccc32)c2ccc(C(C)C)nc2)cn1.Cl. The third kappa shape index (κ3) is 5.61. The Morgan fingerprint density at radius 3 is 2.76 bits per heavy atom. The average molecular weight is 483 g/mol. The van der Waals surface area contributed by atoms with Gasteiger partial charge in [0.2, 0.25) is 5.91 Å². The third-order valence-electron chi connectivity index (χ3n) is 6.49. The molecule has 7 heteroatoms. The van der Waals surface area contributed by atoms with Crippen LogP contribution in [0.2, 0.25) is 0 Å². The summed E-state index contributed by atoms with van der Waals surface area (Å²) < 4.78 is 1.95. The van der Waals surface area contributed by atoms with E-state index >= 15 is 0 Å². The van der Waals surface area contributed by atoms with Gasteiger partial charge in [-0.3, -0.25) is 14.5 Å². The van der Waals surface area contributed by atoms with E-state index in [1.54, 1.807) is 12.3 Å². The molecule has 1 unspecified atom stereocenters. The van der Waals surface area contributed by atoms with Crippen LogP contribution in [0.5, 0.6) is 5.75 Å². The molecule has 1 aromatic carbocycles. The molecular formula is C27H35ClN4O2. The van der Waals surface area contributed by atoms with Crippen LogP contribution >= 0.6 is 12.4 Å². The summed E-state index contributed by atoms with van der Waals surface area (Å²) in [6.45, 7) is 7.71. The smallest absolute Gasteiger partial charge is 0.234 e. The zero-order chi connectivity index (χ0) is 23.4. The second kappa shape index (κ2) is 11.5. The van der Waals surface area contributed by atoms with Crippen molar-refractivity contribution in [2.45, 2.75) is 77.8 Å². The molecule has 0 fully saturated rings. The summed E-state index contributed by atoms with van der Waals surface area (Å²) in [6.07, 6.45) is 10.3. The summed E-state index contributed by atoms with van der Waals surface area (Å²) in [5.41, 5.74) is 4.65. The third-order valence-corrected chi connectivity index (χ3v) is 6.49. The number of amides is 1. The van der Waals surface area contributed by atoms with Gasteiger partial charge in [-0.15, -0.1) is 12.4 Å². The molecule has 1 atom stereocenters. The molecule has 34 heavy (non-hydrogen) atoms. The van der Waals surface area contributed by atoms with E-state index in [1.165, 1.54) is 0 Å². The number of hydrogen-bond donors (Lipinski definition) is 1. The number of unbranched alkanes of at least 4 members (excludes halogenated alkanes) is 1. The number of halogens is 1. The highest BCUT2D eigenvalue weighted by atomic mass is 35.5. The molecular weight excluding hydrogens is 448 g/mol. The van der Waals surface area contributed by atoms with Gasteiger partial charge in [0, 0.05) is 24.0 Å². The molecule has 0 saturated heterocycles. The van der Waals surface area contributed by atoms with Crippen molar-refractivity contribution >= 4 is 24.0 Å². The normalized spacial score (nSPS) is 15.0. The Morgan fingerprint density at radius 1 is 1.24 bits per heavy atom. The highest BCUT2D eigenvalue weighted by Crippen LogP contribution is 2.38. The van der Waals surface area contributed by atoms with Crippen molar-refractivity contribution in [2.75, 3.05) is 4.90 Å². The second-order valence-corrected chi connectivity index (χ2v) is 9.28. The van der Waals surface area contributed by atoms with E-state index in [9.17, 15) is 9.90 Å². The Hall–Kier alpha value is -2.86. The fourth-order valence-electron chi connectivity index (χ4n) is 4.58. The number of carbonyl (C=O) groups is 1. The van der Waals surface area contributed by atoms with E-state index in [-0.39, 0.29) is 30.0 Å². The molecule has 1 aliphatic rings. The predicted molar refractivity (Wildman–Crippen MR) is 138 cm³/mol. The van der Waals surface area contributed by atoms with Gasteiger partial charge in [0.25, 0.3) is 0 Å². The first-order chi connectivity index (χ1) is 16.0. The molecule has 182 valence electrons. The maximum atomic E-state index is 14.0. The van der Waals surface area contributed by atoms with Crippen molar-refractivity contribution < 1.29 is 9.90 Å². The van der Waals surface area contributed by atoms with Gasteiger partial charge in [0.15, 0.2) is 0 Å². The molecule has 6 nitrogen and oxygen atoms in total. The van der Waals surface area contributed by atoms with E-state index in [0.717, 1.165) is 66.7 Å². The van der Waals surface area contributed by atoms with Crippen LogP contribution < -0.4 is 4.90 Å². The van der Waals surface area contributed by atoms with Crippen molar-refractivity contribution in [1.29, 1.82) is 0 Å². The summed E-state index contributed by atoms with van der Waals surface area (Å²) >= 11 is 0. The lowest BCUT2D eigenvalue weighted by Crippen LogP contribution is -2.36. The first-order valence-corrected chi connectivity index (χ1v) is 12.1. The number of nitrogens with zero attached hydrogens (tertiary/aromatic N) is 4. The summed E-state index contributed by atoms with van der Waals surface area (Å²) in [5.74, 6) is 0.382. The maximum absolute atomic E-state index is 14.0. The predicted octanol–water partition coefficient (Wildman–Crippen LogP) is 5.98. The number of fused-ring (bicyclic) bond motifs is 1. The van der Waals surface area contributed by atoms with Crippen LogP contribution in [-0.2, 0) is 24.3 Å². The van der Waals surface area contributed by atoms with Crippen molar-refractivity contribution in [3.63, 3.8) is 0 Å². The number of hydrogen-bond acceptors (Lipinski definition) is 4. The first kappa shape index (κ1) is 25.8. The number of rotatable bonds is 8. The fourth-order valence-corrected chi connectivity index (χ4v) is 4.58. The molecule has 0 spiro atoms. The highest BCUT2D eigenvalue weighted by molar-refractivity contribution is 5.98. The van der Waals surface area contributed by atoms with Crippen molar-refractivity contribution in [1.82, 2.24) is 14.8 Å². The minimum Gasteiger partial charge on any atom is -0.508 e. The Balaban J connectivity index is 0.00000324. The van der Waals surface area contributed by atoms with Gasteiger partial charge in [0.05, 0.1) is 30.5 Å². The van der Waals surface area contributed by atoms with Crippen LogP contribution in [0.4, 0.5) is 5.69 Å². The van der Waals surface area contributed by atoms with Gasteiger partial charge >= 0.3 is 0 Å². The van der Waals surface area contributed by atoms with E-state index in [1.807, 2.05) is 46.2 Å². The van der Waals surface area contributed by atoms with Crippen LogP contribution in [0.25, 0.3) is 0 Å². The topological polar surface area (TPSA) is 71.2 Å². The Kier molecular flexibility index (Phi) is 8.72. The zero-order valence-electron chi connectivity index (χ0n) is 20.3. The lowest BCUT2D eigenvalue weighted by molar-refractivity contribution is -0.120. The zero-order valence-corrected chi connectivity index (χ0v) is 21.1. The van der Waals surface area contributed by atoms with E-state index < -0.39 is 0 Å². The Morgan fingerprint density at radius 2 is 2.06 bits per heavy atom.